The molecule has 3 aliphatic rings. The van der Waals surface area contributed by atoms with E-state index in [4.69, 9.17) is 12.3 Å². The molecule has 0 N–H and O–H groups in total. The molecule has 0 amide bonds. The summed E-state index contributed by atoms with van der Waals surface area (Å²) in [5.41, 5.74) is -26.9. The van der Waals surface area contributed by atoms with Gasteiger partial charge in [0, 0.05) is 62.0 Å². The van der Waals surface area contributed by atoms with Crippen LogP contribution in [0.1, 0.15) is 116 Å². The zero-order valence-electron chi connectivity index (χ0n) is 91.8. The Morgan fingerprint density at radius 1 is 0.337 bits per heavy atom. The van der Waals surface area contributed by atoms with E-state index in [9.17, 15) is 50.7 Å². The van der Waals surface area contributed by atoms with Crippen molar-refractivity contribution in [3.05, 3.63) is 289 Å². The molecule has 0 saturated heterocycles. The molecule has 1 aromatic heterocycles. The summed E-state index contributed by atoms with van der Waals surface area (Å²) in [4.78, 5) is 1.78. The summed E-state index contributed by atoms with van der Waals surface area (Å²) in [5.74, 6) is 0. The van der Waals surface area contributed by atoms with E-state index in [-0.39, 0.29) is 16.0 Å². The van der Waals surface area contributed by atoms with E-state index in [1.165, 1.54) is 41.5 Å². The average Bonchev–Trinajstić information content (AvgIpc) is 1.26. The summed E-state index contributed by atoms with van der Waals surface area (Å²) < 4.78 is 451. The predicted octanol–water partition coefficient (Wildman–Crippen LogP) is 20.0. The van der Waals surface area contributed by atoms with Crippen LogP contribution in [0.3, 0.4) is 0 Å². The second-order valence-electron chi connectivity index (χ2n) is 21.8. The molecule has 0 atom stereocenters. The molecule has 4 heterocycles. The van der Waals surface area contributed by atoms with Crippen LogP contribution in [0.5, 0.6) is 0 Å². The van der Waals surface area contributed by atoms with Crippen LogP contribution in [-0.4, -0.2) is 11.3 Å². The van der Waals surface area contributed by atoms with Crippen LogP contribution in [0.15, 0.2) is 278 Å². The van der Waals surface area contributed by atoms with E-state index in [2.05, 4.69) is 0 Å². The highest BCUT2D eigenvalue weighted by molar-refractivity contribution is 7.00. The molecule has 3 aliphatic heterocycles. The molecule has 6 heteroatoms. The summed E-state index contributed by atoms with van der Waals surface area (Å²) in [6.45, 7) is 6.42. The standard InChI is InChI=1S/C80H64BN5/c1-79(2,3)57-38-44-61(45-39-57)82(62-46-40-58(41-47-62)80(4,5)6)64-48-49-68-73(50-64)84(63-42-36-56(37-43-63)55-34-32-54(33-35-55)53-20-10-7-11-21-53)74-51-65(83(59-22-12-8-13-23-59)60-24-14-9-15-25-60)52-75-76(74)81(68)69-28-19-31-72-78(69)86(75)71-30-18-27-67-66-26-16-17-29-70(66)85(72)77(67)71/h7-52H,1-6H3/i7D,8D,9D,10D,11D,12D,13D,14D,15D,16D,17D,18D,19D,20D,21D,22D,23D,24D,25D,26D,27D,28D,29D,30D,31D,32D,33D,34D,35D,36D,37D,38D,39D,40D,41D,42D,43D,44D,45D,46D,47D,48D,49D,50D,51D,52D. The van der Waals surface area contributed by atoms with Crippen molar-refractivity contribution >= 4 is 113 Å². The van der Waals surface area contributed by atoms with Crippen molar-refractivity contribution in [2.45, 2.75) is 52.4 Å². The Bertz CT molecular complexity index is 7310. The lowest BCUT2D eigenvalue weighted by Gasteiger charge is -2.47. The van der Waals surface area contributed by atoms with E-state index in [1.54, 1.807) is 0 Å². The van der Waals surface area contributed by atoms with Gasteiger partial charge in [0.05, 0.1) is 96.8 Å². The monoisotopic (exact) mass is 1150 g/mol. The summed E-state index contributed by atoms with van der Waals surface area (Å²) >= 11 is 0. The fourth-order valence-electron chi connectivity index (χ4n) is 10.6. The molecule has 16 rings (SSSR count). The maximum absolute atomic E-state index is 11.5. The lowest BCUT2D eigenvalue weighted by atomic mass is 9.33. The molecule has 12 aromatic carbocycles. The van der Waals surface area contributed by atoms with Gasteiger partial charge < -0.3 is 24.2 Å². The number of benzene rings is 12. The van der Waals surface area contributed by atoms with Crippen molar-refractivity contribution in [1.29, 1.82) is 0 Å². The molecule has 86 heavy (non-hydrogen) atoms. The Hall–Kier alpha value is -10.3. The number of hydrogen-bond acceptors (Lipinski definition) is 4. The van der Waals surface area contributed by atoms with Gasteiger partial charge in [-0.2, -0.15) is 0 Å². The molecule has 0 spiro atoms. The minimum Gasteiger partial charge on any atom is -0.311 e. The largest absolute Gasteiger partial charge is 0.311 e. The fourth-order valence-corrected chi connectivity index (χ4v) is 10.6. The lowest BCUT2D eigenvalue weighted by molar-refractivity contribution is 0.590. The molecule has 0 aliphatic carbocycles. The Morgan fingerprint density at radius 3 is 1.38 bits per heavy atom. The summed E-state index contributed by atoms with van der Waals surface area (Å²) in [7, 11) is 0. The second-order valence-corrected chi connectivity index (χ2v) is 21.8. The molecule has 13 aromatic rings. The Kier molecular flexibility index (Phi) is 5.17. The fraction of sp³-hybridized carbons (Fsp3) is 0.100. The van der Waals surface area contributed by atoms with Crippen molar-refractivity contribution in [2.24, 2.45) is 0 Å². The quantitative estimate of drug-likeness (QED) is 0.134. The van der Waals surface area contributed by atoms with E-state index in [0.717, 1.165) is 9.47 Å². The average molecular weight is 1150 g/mol. The van der Waals surface area contributed by atoms with Crippen molar-refractivity contribution in [3.8, 4) is 27.9 Å². The maximum Gasteiger partial charge on any atom is 0.252 e. The number of fused-ring (bicyclic) bond motifs is 9. The molecular weight excluding hydrogens is 1040 g/mol. The summed E-state index contributed by atoms with van der Waals surface area (Å²) in [5, 5.41) is -1.27. The first kappa shape index (κ1) is 22.6. The van der Waals surface area contributed by atoms with Crippen LogP contribution in [0.4, 0.5) is 68.2 Å². The van der Waals surface area contributed by atoms with Gasteiger partial charge in [-0.1, -0.05) is 217 Å². The Morgan fingerprint density at radius 2 is 0.791 bits per heavy atom. The molecule has 0 unspecified atom stereocenters. The van der Waals surface area contributed by atoms with Crippen LogP contribution in [0.2, 0.25) is 0 Å². The first-order chi connectivity index (χ1) is 61.1. The number of anilines is 12. The zero-order valence-corrected chi connectivity index (χ0v) is 45.8. The Labute approximate surface area is 569 Å². The number of hydrogen-bond donors (Lipinski definition) is 0. The van der Waals surface area contributed by atoms with E-state index in [1.807, 2.05) is 0 Å². The third kappa shape index (κ3) is 8.22. The highest BCUT2D eigenvalue weighted by Gasteiger charge is 2.47. The van der Waals surface area contributed by atoms with Gasteiger partial charge in [-0.25, -0.2) is 0 Å². The van der Waals surface area contributed by atoms with Crippen molar-refractivity contribution < 1.29 is 63.1 Å². The molecular formula is C80H64BN5. The minimum absolute atomic E-state index is 0.241. The normalized spacial score (nSPS) is 20.4. The first-order valence-electron chi connectivity index (χ1n) is 49.5. The number of nitrogens with zero attached hydrogens (tertiary/aromatic N) is 5. The van der Waals surface area contributed by atoms with Crippen molar-refractivity contribution in [3.63, 3.8) is 0 Å². The molecule has 0 fully saturated rings. The molecule has 412 valence electrons. The van der Waals surface area contributed by atoms with E-state index in [0.29, 0.717) is 9.80 Å². The van der Waals surface area contributed by atoms with Gasteiger partial charge in [-0.15, -0.1) is 0 Å². The van der Waals surface area contributed by atoms with E-state index >= 15 is 0 Å². The predicted molar refractivity (Wildman–Crippen MR) is 366 cm³/mol. The van der Waals surface area contributed by atoms with Gasteiger partial charge in [0.25, 0.3) is 6.71 Å². The molecule has 0 bridgehead atoms. The van der Waals surface area contributed by atoms with Crippen LogP contribution >= 0.6 is 0 Å². The lowest BCUT2D eigenvalue weighted by Crippen LogP contribution is -2.61. The summed E-state index contributed by atoms with van der Waals surface area (Å²) in [6.07, 6.45) is 0. The van der Waals surface area contributed by atoms with Gasteiger partial charge in [0.2, 0.25) is 0 Å². The highest BCUT2D eigenvalue weighted by Crippen LogP contribution is 2.54. The van der Waals surface area contributed by atoms with Crippen molar-refractivity contribution in [1.82, 2.24) is 4.57 Å². The molecule has 0 radical (unpaired) electrons. The summed E-state index contributed by atoms with van der Waals surface area (Å²) in [6, 6.07) is -55.1. The van der Waals surface area contributed by atoms with Crippen molar-refractivity contribution in [2.75, 3.05) is 19.6 Å². The van der Waals surface area contributed by atoms with Crippen LogP contribution in [0.25, 0.3) is 49.7 Å². The van der Waals surface area contributed by atoms with Gasteiger partial charge in [-0.05, 0) is 163 Å². The zero-order chi connectivity index (χ0) is 98.0. The molecule has 0 saturated carbocycles. The maximum atomic E-state index is 11.5. The van der Waals surface area contributed by atoms with Gasteiger partial charge >= 0.3 is 0 Å². The third-order valence-electron chi connectivity index (χ3n) is 14.6. The smallest absolute Gasteiger partial charge is 0.252 e. The SMILES string of the molecule is [2H]c1c([2H])c([2H])c(-c2c([2H])c([2H])c(-c3c([2H])c([2H])c(N4c5c([2H])c(N(c6c([2H])c([2H])c(C(C)(C)C)c([2H])c6[2H])c6c([2H])c([2H])c(C(C)(C)C)c([2H])c6[2H])c([2H])c([2H])c5B5c6c4c([2H])c(N(c4c([2H])c([2H])c([2H])c([2H])c4[2H])c4c([2H])c([2H])c([2H])c([2H])c4[2H])c([2H])c6N4c6c5c([2H])c([2H])c([2H])c6-n5c6c([2H])c([2H])c([2H])c([2H])c6c6c([2H])c([2H])c([2H])c4c65)c([2H])c3[2H])c([2H])c2[2H])c([2H])c1[2H]. The minimum atomic E-state index is -2.58. The van der Waals surface area contributed by atoms with Gasteiger partial charge in [0.15, 0.2) is 0 Å². The number of rotatable bonds is 9. The molecule has 5 nitrogen and oxygen atoms in total. The number of para-hydroxylation sites is 5. The van der Waals surface area contributed by atoms with Gasteiger partial charge in [-0.3, -0.25) is 0 Å². The Balaban J connectivity index is 1.22. The van der Waals surface area contributed by atoms with Crippen LogP contribution in [-0.2, 0) is 10.8 Å². The van der Waals surface area contributed by atoms with Crippen LogP contribution < -0.4 is 36.0 Å². The highest BCUT2D eigenvalue weighted by atomic mass is 15.2. The first-order valence-corrected chi connectivity index (χ1v) is 26.5. The van der Waals surface area contributed by atoms with E-state index < -0.39 is 430 Å². The van der Waals surface area contributed by atoms with Crippen LogP contribution in [0, 0.1) is 0 Å². The third-order valence-corrected chi connectivity index (χ3v) is 14.6. The number of aromatic nitrogens is 1. The topological polar surface area (TPSA) is 17.9 Å². The second kappa shape index (κ2) is 19.7. The van der Waals surface area contributed by atoms with Gasteiger partial charge in [0.1, 0.15) is 0 Å².